The lowest BCUT2D eigenvalue weighted by Gasteiger charge is -2.32. The van der Waals surface area contributed by atoms with Gasteiger partial charge in [-0.1, -0.05) is 6.92 Å². The Bertz CT molecular complexity index is 175. The summed E-state index contributed by atoms with van der Waals surface area (Å²) in [5.74, 6) is 0. The van der Waals surface area contributed by atoms with E-state index in [2.05, 4.69) is 6.92 Å². The molecule has 0 unspecified atom stereocenters. The molecule has 0 amide bonds. The lowest BCUT2D eigenvalue weighted by molar-refractivity contribution is -0.00936. The van der Waals surface area contributed by atoms with E-state index in [9.17, 15) is 0 Å². The summed E-state index contributed by atoms with van der Waals surface area (Å²) in [6.07, 6.45) is 4.08. The second kappa shape index (κ2) is 4.66. The maximum Gasteiger partial charge on any atom is 0.0928 e. The Morgan fingerprint density at radius 3 is 2.54 bits per heavy atom. The van der Waals surface area contributed by atoms with Gasteiger partial charge in [-0.05, 0) is 32.3 Å². The minimum absolute atomic E-state index is 0.324. The maximum atomic E-state index is 5.52. The zero-order chi connectivity index (χ0) is 9.73. The second-order valence-electron chi connectivity index (χ2n) is 4.43. The quantitative estimate of drug-likeness (QED) is 0.628. The predicted molar refractivity (Wildman–Crippen MR) is 53.5 cm³/mol. The van der Waals surface area contributed by atoms with Crippen LogP contribution in [0.15, 0.2) is 11.8 Å². The molecule has 0 aromatic carbocycles. The lowest BCUT2D eigenvalue weighted by Crippen LogP contribution is -2.30. The van der Waals surface area contributed by atoms with E-state index in [1.807, 2.05) is 20.1 Å². The summed E-state index contributed by atoms with van der Waals surface area (Å²) < 4.78 is 10.8. The third kappa shape index (κ3) is 3.81. The van der Waals surface area contributed by atoms with Crippen LogP contribution in [-0.2, 0) is 9.47 Å². The fourth-order valence-corrected chi connectivity index (χ4v) is 1.42. The van der Waals surface area contributed by atoms with Crippen LogP contribution in [0, 0.1) is 5.41 Å². The zero-order valence-corrected chi connectivity index (χ0v) is 8.93. The predicted octanol–water partition coefficient (Wildman–Crippen LogP) is 2.74. The molecule has 0 spiro atoms. The van der Waals surface area contributed by atoms with Crippen LogP contribution in [0.4, 0.5) is 0 Å². The SMILES string of the molecule is CC(C)=COCC1(C)CCOCC1. The Labute approximate surface area is 80.9 Å². The molecule has 0 aromatic heterocycles. The molecule has 1 saturated heterocycles. The molecule has 0 aliphatic carbocycles. The number of hydrogen-bond donors (Lipinski definition) is 0. The third-order valence-corrected chi connectivity index (χ3v) is 2.45. The molecule has 2 nitrogen and oxygen atoms in total. The summed E-state index contributed by atoms with van der Waals surface area (Å²) >= 11 is 0. The molecule has 1 heterocycles. The fourth-order valence-electron chi connectivity index (χ4n) is 1.42. The van der Waals surface area contributed by atoms with Crippen molar-refractivity contribution in [2.24, 2.45) is 5.41 Å². The molecule has 0 radical (unpaired) electrons. The summed E-state index contributed by atoms with van der Waals surface area (Å²) in [6, 6.07) is 0. The molecule has 0 aromatic rings. The first-order valence-corrected chi connectivity index (χ1v) is 4.95. The first-order valence-electron chi connectivity index (χ1n) is 4.95. The summed E-state index contributed by atoms with van der Waals surface area (Å²) in [5.41, 5.74) is 1.54. The van der Waals surface area contributed by atoms with Gasteiger partial charge in [0.25, 0.3) is 0 Å². The average molecular weight is 184 g/mol. The van der Waals surface area contributed by atoms with Crippen LogP contribution in [0.2, 0.25) is 0 Å². The van der Waals surface area contributed by atoms with E-state index in [-0.39, 0.29) is 0 Å². The minimum atomic E-state index is 0.324. The standard InChI is InChI=1S/C11H20O2/c1-10(2)8-13-9-11(3)4-6-12-7-5-11/h8H,4-7,9H2,1-3H3. The highest BCUT2D eigenvalue weighted by Gasteiger charge is 2.27. The van der Waals surface area contributed by atoms with Gasteiger partial charge in [-0.15, -0.1) is 0 Å². The van der Waals surface area contributed by atoms with Gasteiger partial charge in [0.05, 0.1) is 12.9 Å². The molecule has 1 rings (SSSR count). The third-order valence-electron chi connectivity index (χ3n) is 2.45. The molecule has 13 heavy (non-hydrogen) atoms. The van der Waals surface area contributed by atoms with E-state index in [1.54, 1.807) is 0 Å². The van der Waals surface area contributed by atoms with Crippen LogP contribution in [0.5, 0.6) is 0 Å². The molecular weight excluding hydrogens is 164 g/mol. The van der Waals surface area contributed by atoms with Gasteiger partial charge in [0, 0.05) is 18.6 Å². The van der Waals surface area contributed by atoms with E-state index in [0.717, 1.165) is 32.7 Å². The molecule has 76 valence electrons. The van der Waals surface area contributed by atoms with Crippen LogP contribution >= 0.6 is 0 Å². The van der Waals surface area contributed by atoms with Gasteiger partial charge in [0.1, 0.15) is 0 Å². The molecule has 1 fully saturated rings. The highest BCUT2D eigenvalue weighted by molar-refractivity contribution is 4.87. The van der Waals surface area contributed by atoms with Gasteiger partial charge < -0.3 is 9.47 Å². The highest BCUT2D eigenvalue weighted by atomic mass is 16.5. The van der Waals surface area contributed by atoms with E-state index in [0.29, 0.717) is 5.41 Å². The lowest BCUT2D eigenvalue weighted by atomic mass is 9.83. The van der Waals surface area contributed by atoms with Gasteiger partial charge in [0.15, 0.2) is 0 Å². The highest BCUT2D eigenvalue weighted by Crippen LogP contribution is 2.29. The van der Waals surface area contributed by atoms with Crippen LogP contribution in [0.1, 0.15) is 33.6 Å². The van der Waals surface area contributed by atoms with Crippen LogP contribution in [0.25, 0.3) is 0 Å². The van der Waals surface area contributed by atoms with E-state index in [1.165, 1.54) is 5.57 Å². The Morgan fingerprint density at radius 2 is 2.00 bits per heavy atom. The molecule has 2 heteroatoms. The van der Waals surface area contributed by atoms with Crippen LogP contribution in [0.3, 0.4) is 0 Å². The molecule has 0 bridgehead atoms. The van der Waals surface area contributed by atoms with Crippen molar-refractivity contribution >= 4 is 0 Å². The monoisotopic (exact) mass is 184 g/mol. The average Bonchev–Trinajstić information content (AvgIpc) is 2.04. The molecule has 1 aliphatic heterocycles. The number of ether oxygens (including phenoxy) is 2. The molecular formula is C11H20O2. The van der Waals surface area contributed by atoms with E-state index < -0.39 is 0 Å². The van der Waals surface area contributed by atoms with Crippen LogP contribution < -0.4 is 0 Å². The van der Waals surface area contributed by atoms with Gasteiger partial charge in [0.2, 0.25) is 0 Å². The Kier molecular flexibility index (Phi) is 3.79. The first-order chi connectivity index (χ1) is 6.12. The second-order valence-corrected chi connectivity index (χ2v) is 4.43. The van der Waals surface area contributed by atoms with E-state index >= 15 is 0 Å². The Balaban J connectivity index is 2.29. The number of rotatable bonds is 3. The van der Waals surface area contributed by atoms with Gasteiger partial charge >= 0.3 is 0 Å². The summed E-state index contributed by atoms with van der Waals surface area (Å²) in [6.45, 7) is 8.96. The van der Waals surface area contributed by atoms with Crippen molar-refractivity contribution in [1.29, 1.82) is 0 Å². The fraction of sp³-hybridized carbons (Fsp3) is 0.818. The summed E-state index contributed by atoms with van der Waals surface area (Å²) in [4.78, 5) is 0. The van der Waals surface area contributed by atoms with Crippen LogP contribution in [-0.4, -0.2) is 19.8 Å². The Hall–Kier alpha value is -0.500. The Morgan fingerprint density at radius 1 is 1.38 bits per heavy atom. The van der Waals surface area contributed by atoms with E-state index in [4.69, 9.17) is 9.47 Å². The van der Waals surface area contributed by atoms with Crippen molar-refractivity contribution in [2.45, 2.75) is 33.6 Å². The van der Waals surface area contributed by atoms with Crippen molar-refractivity contribution in [3.8, 4) is 0 Å². The normalized spacial score (nSPS) is 20.8. The van der Waals surface area contributed by atoms with Gasteiger partial charge in [-0.2, -0.15) is 0 Å². The van der Waals surface area contributed by atoms with Crippen molar-refractivity contribution in [2.75, 3.05) is 19.8 Å². The molecule has 0 N–H and O–H groups in total. The van der Waals surface area contributed by atoms with Gasteiger partial charge in [-0.25, -0.2) is 0 Å². The van der Waals surface area contributed by atoms with Crippen molar-refractivity contribution in [1.82, 2.24) is 0 Å². The maximum absolute atomic E-state index is 5.52. The van der Waals surface area contributed by atoms with Crippen molar-refractivity contribution < 1.29 is 9.47 Å². The molecule has 0 saturated carbocycles. The van der Waals surface area contributed by atoms with Gasteiger partial charge in [-0.3, -0.25) is 0 Å². The number of hydrogen-bond acceptors (Lipinski definition) is 2. The molecule has 1 aliphatic rings. The van der Waals surface area contributed by atoms with Crippen molar-refractivity contribution in [3.05, 3.63) is 11.8 Å². The molecule has 0 atom stereocenters. The summed E-state index contributed by atoms with van der Waals surface area (Å²) in [7, 11) is 0. The topological polar surface area (TPSA) is 18.5 Å². The first kappa shape index (κ1) is 10.6. The smallest absolute Gasteiger partial charge is 0.0928 e. The largest absolute Gasteiger partial charge is 0.501 e. The minimum Gasteiger partial charge on any atom is -0.501 e. The van der Waals surface area contributed by atoms with Crippen molar-refractivity contribution in [3.63, 3.8) is 0 Å². The summed E-state index contributed by atoms with van der Waals surface area (Å²) in [5, 5.41) is 0. The number of allylic oxidation sites excluding steroid dienone is 1. The zero-order valence-electron chi connectivity index (χ0n) is 8.93.